The van der Waals surface area contributed by atoms with Crippen molar-refractivity contribution in [2.45, 2.75) is 5.60 Å². The van der Waals surface area contributed by atoms with Gasteiger partial charge in [0.05, 0.1) is 19.8 Å². The maximum atomic E-state index is 6.69. The molecule has 4 aromatic carbocycles. The van der Waals surface area contributed by atoms with Crippen molar-refractivity contribution in [1.29, 1.82) is 0 Å². The van der Waals surface area contributed by atoms with Crippen LogP contribution < -0.4 is 10.5 Å². The van der Waals surface area contributed by atoms with E-state index in [4.69, 9.17) is 19.9 Å². The summed E-state index contributed by atoms with van der Waals surface area (Å²) in [5.41, 5.74) is 8.93. The molecule has 33 heavy (non-hydrogen) atoms. The molecule has 0 aliphatic carbocycles. The van der Waals surface area contributed by atoms with Crippen molar-refractivity contribution < 1.29 is 14.2 Å². The lowest BCUT2D eigenvalue weighted by Gasteiger charge is -2.36. The Morgan fingerprint density at radius 1 is 0.515 bits per heavy atom. The highest BCUT2D eigenvalue weighted by atomic mass is 16.6. The Labute approximate surface area is 195 Å². The first kappa shape index (κ1) is 22.6. The lowest BCUT2D eigenvalue weighted by atomic mass is 9.80. The molecule has 0 fully saturated rings. The van der Waals surface area contributed by atoms with E-state index < -0.39 is 5.60 Å². The lowest BCUT2D eigenvalue weighted by molar-refractivity contribution is -0.0271. The van der Waals surface area contributed by atoms with Crippen molar-refractivity contribution in [2.24, 2.45) is 0 Å². The lowest BCUT2D eigenvalue weighted by Crippen LogP contribution is -2.34. The topological polar surface area (TPSA) is 53.7 Å². The van der Waals surface area contributed by atoms with Crippen LogP contribution >= 0.6 is 0 Å². The molecule has 0 saturated carbocycles. The average Bonchev–Trinajstić information content (AvgIpc) is 2.88. The summed E-state index contributed by atoms with van der Waals surface area (Å²) in [4.78, 5) is 0. The van der Waals surface area contributed by atoms with Gasteiger partial charge in [-0.2, -0.15) is 0 Å². The summed E-state index contributed by atoms with van der Waals surface area (Å²) in [5, 5.41) is 0. The summed E-state index contributed by atoms with van der Waals surface area (Å²) in [6.45, 7) is 1.83. The van der Waals surface area contributed by atoms with Gasteiger partial charge >= 0.3 is 0 Å². The average molecular weight is 440 g/mol. The number of rotatable bonds is 11. The quantitative estimate of drug-likeness (QED) is 0.186. The molecule has 0 aromatic heterocycles. The fourth-order valence-corrected chi connectivity index (χ4v) is 3.91. The van der Waals surface area contributed by atoms with Crippen LogP contribution in [0.1, 0.15) is 16.7 Å². The number of hydrogen-bond acceptors (Lipinski definition) is 4. The molecule has 4 aromatic rings. The number of ether oxygens (including phenoxy) is 3. The fraction of sp³-hybridized carbons (Fsp3) is 0.172. The zero-order chi connectivity index (χ0) is 22.8. The number of benzene rings is 4. The van der Waals surface area contributed by atoms with Crippen molar-refractivity contribution in [2.75, 3.05) is 32.2 Å². The second-order valence-electron chi connectivity index (χ2n) is 7.66. The molecule has 0 unspecified atom stereocenters. The molecule has 0 saturated heterocycles. The monoisotopic (exact) mass is 439 g/mol. The third-order valence-corrected chi connectivity index (χ3v) is 5.46. The van der Waals surface area contributed by atoms with Crippen LogP contribution in [0.2, 0.25) is 0 Å². The predicted molar refractivity (Wildman–Crippen MR) is 132 cm³/mol. The SMILES string of the molecule is Nc1ccc(OCCOCCOC(c2ccccc2)(c2ccccc2)c2ccccc2)cc1. The summed E-state index contributed by atoms with van der Waals surface area (Å²) >= 11 is 0. The number of anilines is 1. The third kappa shape index (κ3) is 5.61. The first-order valence-electron chi connectivity index (χ1n) is 11.2. The smallest absolute Gasteiger partial charge is 0.143 e. The highest BCUT2D eigenvalue weighted by Crippen LogP contribution is 2.40. The molecular weight excluding hydrogens is 410 g/mol. The van der Waals surface area contributed by atoms with Gasteiger partial charge in [-0.05, 0) is 41.0 Å². The first-order valence-corrected chi connectivity index (χ1v) is 11.2. The van der Waals surface area contributed by atoms with Gasteiger partial charge in [-0.1, -0.05) is 91.0 Å². The van der Waals surface area contributed by atoms with E-state index in [1.165, 1.54) is 0 Å². The minimum atomic E-state index is -0.729. The standard InChI is InChI=1S/C29H29NO3/c30-27-16-18-28(19-17-27)32-22-20-31-21-23-33-29(24-10-4-1-5-11-24,25-12-6-2-7-13-25)26-14-8-3-9-15-26/h1-19H,20-23,30H2. The molecule has 168 valence electrons. The zero-order valence-corrected chi connectivity index (χ0v) is 18.6. The van der Waals surface area contributed by atoms with Gasteiger partial charge in [-0.3, -0.25) is 0 Å². The summed E-state index contributed by atoms with van der Waals surface area (Å²) in [7, 11) is 0. The van der Waals surface area contributed by atoms with Gasteiger partial charge in [0, 0.05) is 5.69 Å². The molecule has 0 radical (unpaired) electrons. The van der Waals surface area contributed by atoms with Gasteiger partial charge in [0.2, 0.25) is 0 Å². The molecule has 2 N–H and O–H groups in total. The maximum absolute atomic E-state index is 6.69. The maximum Gasteiger partial charge on any atom is 0.143 e. The van der Waals surface area contributed by atoms with Gasteiger partial charge in [-0.15, -0.1) is 0 Å². The van der Waals surface area contributed by atoms with Crippen LogP contribution in [-0.4, -0.2) is 26.4 Å². The Balaban J connectivity index is 1.45. The Hall–Kier alpha value is -3.60. The Bertz CT molecular complexity index is 987. The molecule has 0 aliphatic rings. The minimum absolute atomic E-state index is 0.431. The molecule has 4 rings (SSSR count). The van der Waals surface area contributed by atoms with Crippen molar-refractivity contribution in [3.05, 3.63) is 132 Å². The van der Waals surface area contributed by atoms with Gasteiger partial charge in [-0.25, -0.2) is 0 Å². The van der Waals surface area contributed by atoms with Crippen LogP contribution in [0.15, 0.2) is 115 Å². The van der Waals surface area contributed by atoms with Gasteiger partial charge in [0.15, 0.2) is 0 Å². The largest absolute Gasteiger partial charge is 0.491 e. The van der Waals surface area contributed by atoms with Gasteiger partial charge in [0.1, 0.15) is 18.0 Å². The van der Waals surface area contributed by atoms with E-state index in [2.05, 4.69) is 36.4 Å². The molecular formula is C29H29NO3. The minimum Gasteiger partial charge on any atom is -0.491 e. The van der Waals surface area contributed by atoms with Crippen molar-refractivity contribution in [1.82, 2.24) is 0 Å². The zero-order valence-electron chi connectivity index (χ0n) is 18.6. The normalized spacial score (nSPS) is 11.3. The highest BCUT2D eigenvalue weighted by Gasteiger charge is 2.37. The predicted octanol–water partition coefficient (Wildman–Crippen LogP) is 5.67. The number of nitrogens with two attached hydrogens (primary N) is 1. The Morgan fingerprint density at radius 2 is 0.970 bits per heavy atom. The molecule has 4 nitrogen and oxygen atoms in total. The summed E-state index contributed by atoms with van der Waals surface area (Å²) < 4.78 is 18.2. The first-order chi connectivity index (χ1) is 16.3. The molecule has 0 bridgehead atoms. The number of nitrogen functional groups attached to an aromatic ring is 1. The molecule has 0 atom stereocenters. The molecule has 4 heteroatoms. The van der Waals surface area contributed by atoms with Crippen molar-refractivity contribution >= 4 is 5.69 Å². The third-order valence-electron chi connectivity index (χ3n) is 5.46. The highest BCUT2D eigenvalue weighted by molar-refractivity contribution is 5.47. The second-order valence-corrected chi connectivity index (χ2v) is 7.66. The molecule has 0 aliphatic heterocycles. The van der Waals surface area contributed by atoms with E-state index >= 15 is 0 Å². The Morgan fingerprint density at radius 3 is 1.45 bits per heavy atom. The summed E-state index contributed by atoms with van der Waals surface area (Å²) in [6.07, 6.45) is 0. The van der Waals surface area contributed by atoms with Gasteiger partial charge in [0.25, 0.3) is 0 Å². The summed E-state index contributed by atoms with van der Waals surface area (Å²) in [5.74, 6) is 0.778. The fourth-order valence-electron chi connectivity index (χ4n) is 3.91. The van der Waals surface area contributed by atoms with E-state index in [1.807, 2.05) is 78.9 Å². The van der Waals surface area contributed by atoms with E-state index in [0.29, 0.717) is 26.4 Å². The van der Waals surface area contributed by atoms with Crippen LogP contribution in [0.4, 0.5) is 5.69 Å². The van der Waals surface area contributed by atoms with Crippen LogP contribution in [-0.2, 0) is 15.1 Å². The van der Waals surface area contributed by atoms with E-state index in [1.54, 1.807) is 0 Å². The van der Waals surface area contributed by atoms with E-state index in [0.717, 1.165) is 28.1 Å². The van der Waals surface area contributed by atoms with Crippen LogP contribution in [0.5, 0.6) is 5.75 Å². The molecule has 0 amide bonds. The second kappa shape index (κ2) is 11.3. The Kier molecular flexibility index (Phi) is 7.75. The van der Waals surface area contributed by atoms with Crippen molar-refractivity contribution in [3.63, 3.8) is 0 Å². The van der Waals surface area contributed by atoms with Gasteiger partial charge < -0.3 is 19.9 Å². The molecule has 0 spiro atoms. The van der Waals surface area contributed by atoms with E-state index in [9.17, 15) is 0 Å². The number of hydrogen-bond donors (Lipinski definition) is 1. The van der Waals surface area contributed by atoms with E-state index in [-0.39, 0.29) is 0 Å². The summed E-state index contributed by atoms with van der Waals surface area (Å²) in [6, 6.07) is 38.4. The van der Waals surface area contributed by atoms with Crippen LogP contribution in [0, 0.1) is 0 Å². The van der Waals surface area contributed by atoms with Crippen LogP contribution in [0.25, 0.3) is 0 Å². The molecule has 0 heterocycles. The van der Waals surface area contributed by atoms with Crippen molar-refractivity contribution in [3.8, 4) is 5.75 Å². The van der Waals surface area contributed by atoms with Crippen LogP contribution in [0.3, 0.4) is 0 Å².